The number of aliphatic hydroxyl groups is 1. The van der Waals surface area contributed by atoms with Crippen molar-refractivity contribution in [3.05, 3.63) is 29.8 Å². The molecule has 0 fully saturated rings. The first-order chi connectivity index (χ1) is 10.1. The Morgan fingerprint density at radius 2 is 1.36 bits per heavy atom. The zero-order valence-electron chi connectivity index (χ0n) is 16.1. The second-order valence-electron chi connectivity index (χ2n) is 6.14. The maximum atomic E-state index is 9.90. The van der Waals surface area contributed by atoms with Crippen molar-refractivity contribution in [2.75, 3.05) is 5.48 Å². The van der Waals surface area contributed by atoms with Gasteiger partial charge in [0.2, 0.25) is 0 Å². The third-order valence-electron chi connectivity index (χ3n) is 3.45. The molecule has 0 atom stereocenters. The fourth-order valence-electron chi connectivity index (χ4n) is 0.933. The van der Waals surface area contributed by atoms with Crippen LogP contribution in [0.4, 0.5) is 5.69 Å². The molecule has 0 saturated carbocycles. The lowest BCUT2D eigenvalue weighted by Gasteiger charge is -2.36. The number of anilines is 1. The molecule has 3 heteroatoms. The first-order valence-corrected chi connectivity index (χ1v) is 8.37. The zero-order chi connectivity index (χ0) is 17.8. The molecule has 0 radical (unpaired) electrons. The molecule has 0 bridgehead atoms. The van der Waals surface area contributed by atoms with Gasteiger partial charge in [0.25, 0.3) is 0 Å². The molecule has 0 heterocycles. The van der Waals surface area contributed by atoms with E-state index in [2.05, 4.69) is 19.3 Å². The largest absolute Gasteiger partial charge is 0.387 e. The molecule has 22 heavy (non-hydrogen) atoms. The molecule has 3 nitrogen and oxygen atoms in total. The van der Waals surface area contributed by atoms with Gasteiger partial charge in [0.05, 0.1) is 11.3 Å². The van der Waals surface area contributed by atoms with Crippen LogP contribution in [0.2, 0.25) is 0 Å². The van der Waals surface area contributed by atoms with E-state index in [1.54, 1.807) is 13.8 Å². The number of aryl methyl sites for hydroxylation is 1. The van der Waals surface area contributed by atoms with E-state index in [1.807, 2.05) is 58.9 Å². The summed E-state index contributed by atoms with van der Waals surface area (Å²) in [7, 11) is 0. The Kier molecular flexibility index (Phi) is 12.1. The molecule has 0 aliphatic carbocycles. The summed E-state index contributed by atoms with van der Waals surface area (Å²) in [5.41, 5.74) is 3.36. The highest BCUT2D eigenvalue weighted by atomic mass is 16.7. The average molecular weight is 312 g/mol. The summed E-state index contributed by atoms with van der Waals surface area (Å²) < 4.78 is 0. The van der Waals surface area contributed by atoms with Gasteiger partial charge in [-0.05, 0) is 46.8 Å². The molecule has 1 aromatic rings. The van der Waals surface area contributed by atoms with Gasteiger partial charge in [0, 0.05) is 0 Å². The molecule has 0 spiro atoms. The molecule has 0 unspecified atom stereocenters. The van der Waals surface area contributed by atoms with Gasteiger partial charge in [-0.2, -0.15) is 0 Å². The van der Waals surface area contributed by atoms with Gasteiger partial charge in [0.15, 0.2) is 0 Å². The van der Waals surface area contributed by atoms with Crippen LogP contribution in [-0.2, 0) is 4.84 Å². The van der Waals surface area contributed by atoms with E-state index in [4.69, 9.17) is 4.84 Å². The van der Waals surface area contributed by atoms with E-state index < -0.39 is 11.2 Å². The predicted molar refractivity (Wildman–Crippen MR) is 98.2 cm³/mol. The molecule has 1 rings (SSSR count). The number of hydrogen-bond donors (Lipinski definition) is 2. The van der Waals surface area contributed by atoms with Crippen molar-refractivity contribution in [2.24, 2.45) is 0 Å². The molecule has 130 valence electrons. The quantitative estimate of drug-likeness (QED) is 0.683. The van der Waals surface area contributed by atoms with Crippen LogP contribution in [0.15, 0.2) is 24.3 Å². The summed E-state index contributed by atoms with van der Waals surface area (Å²) in [4.78, 5) is 5.52. The van der Waals surface area contributed by atoms with Crippen LogP contribution in [0.5, 0.6) is 0 Å². The normalized spacial score (nSPS) is 10.8. The van der Waals surface area contributed by atoms with E-state index >= 15 is 0 Å². The Hall–Kier alpha value is -1.06. The van der Waals surface area contributed by atoms with Crippen molar-refractivity contribution in [1.82, 2.24) is 0 Å². The number of hydrogen-bond acceptors (Lipinski definition) is 3. The third-order valence-corrected chi connectivity index (χ3v) is 3.45. The summed E-state index contributed by atoms with van der Waals surface area (Å²) in [5.74, 6) is 0. The fraction of sp³-hybridized carbons (Fsp3) is 0.684. The molecule has 0 aromatic heterocycles. The fourth-order valence-corrected chi connectivity index (χ4v) is 0.933. The van der Waals surface area contributed by atoms with Crippen molar-refractivity contribution in [3.8, 4) is 0 Å². The number of rotatable bonds is 5. The summed E-state index contributed by atoms with van der Waals surface area (Å²) in [6, 6.07) is 7.89. The summed E-state index contributed by atoms with van der Waals surface area (Å²) in [5, 5.41) is 9.90. The van der Waals surface area contributed by atoms with Crippen molar-refractivity contribution in [2.45, 2.75) is 86.4 Å². The first-order valence-electron chi connectivity index (χ1n) is 8.37. The van der Waals surface area contributed by atoms with Crippen LogP contribution >= 0.6 is 0 Å². The molecule has 2 N–H and O–H groups in total. The van der Waals surface area contributed by atoms with Gasteiger partial charge in [-0.25, -0.2) is 0 Å². The van der Waals surface area contributed by atoms with Crippen LogP contribution in [0, 0.1) is 6.92 Å². The highest BCUT2D eigenvalue weighted by Crippen LogP contribution is 2.25. The number of benzene rings is 1. The number of nitrogens with one attached hydrogen (secondary N) is 1. The SMILES string of the molecule is CC.CCCC.Cc1ccc(NOC(C)(C)C(C)(C)O)cc1. The maximum absolute atomic E-state index is 9.90. The second-order valence-corrected chi connectivity index (χ2v) is 6.14. The Morgan fingerprint density at radius 1 is 0.955 bits per heavy atom. The van der Waals surface area contributed by atoms with Crippen LogP contribution < -0.4 is 5.48 Å². The molecule has 0 aliphatic heterocycles. The second kappa shape index (κ2) is 11.5. The molecule has 0 aliphatic rings. The highest BCUT2D eigenvalue weighted by Gasteiger charge is 2.36. The molecule has 0 amide bonds. The van der Waals surface area contributed by atoms with E-state index in [-0.39, 0.29) is 0 Å². The van der Waals surface area contributed by atoms with Crippen LogP contribution in [0.25, 0.3) is 0 Å². The topological polar surface area (TPSA) is 41.5 Å². The first kappa shape index (κ1) is 23.2. The smallest absolute Gasteiger partial charge is 0.118 e. The van der Waals surface area contributed by atoms with Crippen molar-refractivity contribution in [3.63, 3.8) is 0 Å². The van der Waals surface area contributed by atoms with E-state index in [0.717, 1.165) is 5.69 Å². The Bertz CT molecular complexity index is 362. The van der Waals surface area contributed by atoms with E-state index in [1.165, 1.54) is 18.4 Å². The van der Waals surface area contributed by atoms with Gasteiger partial charge < -0.3 is 5.11 Å². The van der Waals surface area contributed by atoms with Gasteiger partial charge in [-0.1, -0.05) is 58.2 Å². The van der Waals surface area contributed by atoms with Crippen LogP contribution in [-0.4, -0.2) is 16.3 Å². The lowest BCUT2D eigenvalue weighted by Crippen LogP contribution is -2.48. The maximum Gasteiger partial charge on any atom is 0.118 e. The number of unbranched alkanes of at least 4 members (excludes halogenated alkanes) is 1. The van der Waals surface area contributed by atoms with Crippen LogP contribution in [0.3, 0.4) is 0 Å². The molecule has 0 saturated heterocycles. The van der Waals surface area contributed by atoms with E-state index in [9.17, 15) is 5.11 Å². The predicted octanol–water partition coefficient (Wildman–Crippen LogP) is 5.72. The average Bonchev–Trinajstić information content (AvgIpc) is 2.48. The third kappa shape index (κ3) is 9.80. The minimum absolute atomic E-state index is 0.669. The van der Waals surface area contributed by atoms with Gasteiger partial charge in [0.1, 0.15) is 5.60 Å². The summed E-state index contributed by atoms with van der Waals surface area (Å²) >= 11 is 0. The monoisotopic (exact) mass is 311 g/mol. The lowest BCUT2D eigenvalue weighted by atomic mass is 9.90. The Balaban J connectivity index is 0. The summed E-state index contributed by atoms with van der Waals surface area (Å²) in [6.07, 6.45) is 2.64. The Labute approximate surface area is 138 Å². The van der Waals surface area contributed by atoms with Gasteiger partial charge in [-0.15, -0.1) is 0 Å². The van der Waals surface area contributed by atoms with Crippen LogP contribution in [0.1, 0.15) is 73.8 Å². The molecular formula is C19H37NO2. The van der Waals surface area contributed by atoms with Crippen molar-refractivity contribution in [1.29, 1.82) is 0 Å². The summed E-state index contributed by atoms with van der Waals surface area (Å²) in [6.45, 7) is 17.5. The van der Waals surface area contributed by atoms with Crippen molar-refractivity contribution >= 4 is 5.69 Å². The Morgan fingerprint density at radius 3 is 1.68 bits per heavy atom. The highest BCUT2D eigenvalue weighted by molar-refractivity contribution is 5.42. The van der Waals surface area contributed by atoms with Gasteiger partial charge in [-0.3, -0.25) is 10.3 Å². The molecular weight excluding hydrogens is 274 g/mol. The van der Waals surface area contributed by atoms with E-state index in [0.29, 0.717) is 0 Å². The van der Waals surface area contributed by atoms with Crippen molar-refractivity contribution < 1.29 is 9.94 Å². The standard InChI is InChI=1S/C13H21NO2.C4H10.C2H6/c1-10-6-8-11(9-7-10)14-16-13(4,5)12(2,3)15;1-3-4-2;1-2/h6-9,14-15H,1-5H3;3-4H2,1-2H3;1-2H3. The molecule has 1 aromatic carbocycles. The van der Waals surface area contributed by atoms with Gasteiger partial charge >= 0.3 is 0 Å². The lowest BCUT2D eigenvalue weighted by molar-refractivity contribution is -0.130. The minimum Gasteiger partial charge on any atom is -0.387 e. The zero-order valence-corrected chi connectivity index (χ0v) is 16.1. The minimum atomic E-state index is -0.912.